The molecule has 1 N–H and O–H groups in total. The van der Waals surface area contributed by atoms with Gasteiger partial charge in [0.25, 0.3) is 0 Å². The van der Waals surface area contributed by atoms with Crippen LogP contribution in [0.2, 0.25) is 0 Å². The number of fused-ring (bicyclic) bond motifs is 3. The Kier molecular flexibility index (Phi) is 4.42. The number of aromatic amines is 1. The van der Waals surface area contributed by atoms with Crippen LogP contribution in [0.15, 0.2) is 18.2 Å². The minimum atomic E-state index is 0.117. The fraction of sp³-hybridized carbons (Fsp3) is 0.550. The molecule has 2 aromatic rings. The zero-order valence-electron chi connectivity index (χ0n) is 15.2. The van der Waals surface area contributed by atoms with E-state index in [1.807, 2.05) is 6.07 Å². The summed E-state index contributed by atoms with van der Waals surface area (Å²) < 4.78 is 5.38. The highest BCUT2D eigenvalue weighted by Crippen LogP contribution is 2.34. The molecule has 1 amide bonds. The molecule has 0 spiro atoms. The van der Waals surface area contributed by atoms with Crippen molar-refractivity contribution >= 4 is 16.8 Å². The van der Waals surface area contributed by atoms with E-state index >= 15 is 0 Å². The molecule has 0 bridgehead atoms. The number of carbonyl (C=O) groups is 1. The van der Waals surface area contributed by atoms with Crippen LogP contribution in [-0.4, -0.2) is 60.5 Å². The van der Waals surface area contributed by atoms with Crippen LogP contribution in [0.1, 0.15) is 24.6 Å². The summed E-state index contributed by atoms with van der Waals surface area (Å²) in [6.45, 7) is 7.02. The first-order valence-electron chi connectivity index (χ1n) is 9.38. The first-order valence-corrected chi connectivity index (χ1v) is 9.38. The molecule has 1 unspecified atom stereocenters. The van der Waals surface area contributed by atoms with Gasteiger partial charge in [0, 0.05) is 48.7 Å². The van der Waals surface area contributed by atoms with Crippen LogP contribution in [0.3, 0.4) is 0 Å². The first kappa shape index (κ1) is 16.5. The maximum Gasteiger partial charge on any atom is 0.226 e. The quantitative estimate of drug-likeness (QED) is 0.933. The molecule has 2 heterocycles. The smallest absolute Gasteiger partial charge is 0.226 e. The monoisotopic (exact) mass is 341 g/mol. The molecule has 1 aliphatic heterocycles. The zero-order chi connectivity index (χ0) is 17.4. The Bertz CT molecular complexity index is 775. The van der Waals surface area contributed by atoms with E-state index in [0.29, 0.717) is 5.91 Å². The van der Waals surface area contributed by atoms with Crippen molar-refractivity contribution in [3.63, 3.8) is 0 Å². The Morgan fingerprint density at radius 2 is 2.08 bits per heavy atom. The number of ether oxygens (including phenoxy) is 1. The normalized spacial score (nSPS) is 21.4. The lowest BCUT2D eigenvalue weighted by Crippen LogP contribution is -2.50. The predicted molar refractivity (Wildman–Crippen MR) is 99.1 cm³/mol. The van der Waals surface area contributed by atoms with Crippen molar-refractivity contribution in [3.05, 3.63) is 29.5 Å². The lowest BCUT2D eigenvalue weighted by atomic mass is 9.85. The molecule has 1 saturated heterocycles. The number of hydrogen-bond acceptors (Lipinski definition) is 3. The second-order valence-corrected chi connectivity index (χ2v) is 7.19. The molecule has 0 saturated carbocycles. The second-order valence-electron chi connectivity index (χ2n) is 7.19. The van der Waals surface area contributed by atoms with E-state index in [1.54, 1.807) is 7.11 Å². The van der Waals surface area contributed by atoms with Gasteiger partial charge in [-0.25, -0.2) is 0 Å². The molecule has 0 radical (unpaired) electrons. The number of benzene rings is 1. The minimum absolute atomic E-state index is 0.117. The van der Waals surface area contributed by atoms with E-state index in [0.717, 1.165) is 63.3 Å². The Labute approximate surface area is 148 Å². The molecule has 4 rings (SSSR count). The van der Waals surface area contributed by atoms with Crippen LogP contribution in [0.5, 0.6) is 5.75 Å². The van der Waals surface area contributed by atoms with E-state index in [2.05, 4.69) is 33.8 Å². The lowest BCUT2D eigenvalue weighted by molar-refractivity contribution is -0.137. The summed E-state index contributed by atoms with van der Waals surface area (Å²) in [4.78, 5) is 21.0. The molecule has 2 aliphatic rings. The Balaban J connectivity index is 1.53. The van der Waals surface area contributed by atoms with Crippen LogP contribution in [-0.2, 0) is 17.6 Å². The number of hydrogen-bond donors (Lipinski definition) is 1. The van der Waals surface area contributed by atoms with Gasteiger partial charge in [-0.15, -0.1) is 0 Å². The van der Waals surface area contributed by atoms with Crippen molar-refractivity contribution < 1.29 is 9.53 Å². The lowest BCUT2D eigenvalue weighted by Gasteiger charge is -2.36. The number of nitrogens with one attached hydrogen (secondary N) is 1. The van der Waals surface area contributed by atoms with Crippen LogP contribution >= 0.6 is 0 Å². The van der Waals surface area contributed by atoms with Gasteiger partial charge in [-0.05, 0) is 49.6 Å². The van der Waals surface area contributed by atoms with Crippen LogP contribution in [0, 0.1) is 5.92 Å². The molecule has 134 valence electrons. The van der Waals surface area contributed by atoms with Gasteiger partial charge >= 0.3 is 0 Å². The van der Waals surface area contributed by atoms with Gasteiger partial charge in [0.05, 0.1) is 7.11 Å². The van der Waals surface area contributed by atoms with Crippen molar-refractivity contribution in [1.29, 1.82) is 0 Å². The molecule has 5 nitrogen and oxygen atoms in total. The van der Waals surface area contributed by atoms with Crippen molar-refractivity contribution in [1.82, 2.24) is 14.8 Å². The molecular weight excluding hydrogens is 314 g/mol. The molecule has 1 aromatic carbocycles. The highest BCUT2D eigenvalue weighted by molar-refractivity contribution is 5.88. The Morgan fingerprint density at radius 1 is 1.28 bits per heavy atom. The van der Waals surface area contributed by atoms with E-state index < -0.39 is 0 Å². The molecule has 1 aliphatic carbocycles. The number of rotatable bonds is 3. The number of nitrogens with zero attached hydrogens (tertiary/aromatic N) is 2. The second kappa shape index (κ2) is 6.71. The van der Waals surface area contributed by atoms with Crippen LogP contribution < -0.4 is 4.74 Å². The number of aromatic nitrogens is 1. The number of amides is 1. The fourth-order valence-electron chi connectivity index (χ4n) is 4.28. The number of carbonyl (C=O) groups excluding carboxylic acids is 1. The summed E-state index contributed by atoms with van der Waals surface area (Å²) >= 11 is 0. The van der Waals surface area contributed by atoms with Gasteiger partial charge < -0.3 is 19.5 Å². The number of likely N-dealkylation sites (N-methyl/N-ethyl adjacent to an activating group) is 1. The summed E-state index contributed by atoms with van der Waals surface area (Å²) in [5.41, 5.74) is 3.75. The summed E-state index contributed by atoms with van der Waals surface area (Å²) in [6.07, 6.45) is 2.75. The molecular formula is C20H27N3O2. The Morgan fingerprint density at radius 3 is 2.80 bits per heavy atom. The van der Waals surface area contributed by atoms with Crippen LogP contribution in [0.25, 0.3) is 10.9 Å². The predicted octanol–water partition coefficient (Wildman–Crippen LogP) is 2.45. The maximum atomic E-state index is 13.0. The van der Waals surface area contributed by atoms with Gasteiger partial charge in [-0.1, -0.05) is 6.92 Å². The SMILES string of the molecule is CCN1CCN(C(=O)C2CCc3[nH]c4ccc(OC)cc4c3C2)CC1. The third kappa shape index (κ3) is 3.01. The molecule has 25 heavy (non-hydrogen) atoms. The summed E-state index contributed by atoms with van der Waals surface area (Å²) in [5, 5.41) is 1.21. The first-order chi connectivity index (χ1) is 12.2. The minimum Gasteiger partial charge on any atom is -0.497 e. The number of methoxy groups -OCH3 is 1. The van der Waals surface area contributed by atoms with Gasteiger partial charge in [-0.2, -0.15) is 0 Å². The molecule has 1 atom stereocenters. The van der Waals surface area contributed by atoms with Crippen LogP contribution in [0.4, 0.5) is 0 Å². The van der Waals surface area contributed by atoms with Gasteiger partial charge in [0.1, 0.15) is 5.75 Å². The van der Waals surface area contributed by atoms with Crippen molar-refractivity contribution in [2.45, 2.75) is 26.2 Å². The molecule has 5 heteroatoms. The largest absolute Gasteiger partial charge is 0.497 e. The highest BCUT2D eigenvalue weighted by Gasteiger charge is 2.31. The average molecular weight is 341 g/mol. The Hall–Kier alpha value is -2.01. The fourth-order valence-corrected chi connectivity index (χ4v) is 4.28. The number of aryl methyl sites for hydroxylation is 1. The van der Waals surface area contributed by atoms with Crippen molar-refractivity contribution in [2.24, 2.45) is 5.92 Å². The molecule has 1 fully saturated rings. The maximum absolute atomic E-state index is 13.0. The van der Waals surface area contributed by atoms with E-state index in [9.17, 15) is 4.79 Å². The topological polar surface area (TPSA) is 48.6 Å². The van der Waals surface area contributed by atoms with Gasteiger partial charge in [0.15, 0.2) is 0 Å². The third-order valence-electron chi connectivity index (χ3n) is 5.88. The summed E-state index contributed by atoms with van der Waals surface area (Å²) in [5.74, 6) is 1.34. The van der Waals surface area contributed by atoms with Crippen molar-refractivity contribution in [2.75, 3.05) is 39.8 Å². The van der Waals surface area contributed by atoms with E-state index in [1.165, 1.54) is 16.6 Å². The average Bonchev–Trinajstić information content (AvgIpc) is 3.04. The number of piperazine rings is 1. The summed E-state index contributed by atoms with van der Waals surface area (Å²) in [6, 6.07) is 6.16. The van der Waals surface area contributed by atoms with Gasteiger partial charge in [-0.3, -0.25) is 4.79 Å². The number of H-pyrrole nitrogens is 1. The van der Waals surface area contributed by atoms with Crippen molar-refractivity contribution in [3.8, 4) is 5.75 Å². The standard InChI is InChI=1S/C20H27N3O2/c1-3-22-8-10-23(11-9-22)20(24)14-4-6-18-16(12-14)17-13-15(25-2)5-7-19(17)21-18/h5,7,13-14,21H,3-4,6,8-12H2,1-2H3. The van der Waals surface area contributed by atoms with E-state index in [4.69, 9.17) is 4.74 Å². The highest BCUT2D eigenvalue weighted by atomic mass is 16.5. The van der Waals surface area contributed by atoms with Gasteiger partial charge in [0.2, 0.25) is 5.91 Å². The zero-order valence-corrected chi connectivity index (χ0v) is 15.2. The molecule has 1 aromatic heterocycles. The third-order valence-corrected chi connectivity index (χ3v) is 5.88. The van der Waals surface area contributed by atoms with E-state index in [-0.39, 0.29) is 5.92 Å². The summed E-state index contributed by atoms with van der Waals surface area (Å²) in [7, 11) is 1.70.